The number of hydrogen-bond acceptors (Lipinski definition) is 5. The van der Waals surface area contributed by atoms with Crippen LogP contribution in [-0.2, 0) is 24.6 Å². The predicted molar refractivity (Wildman–Crippen MR) is 71.2 cm³/mol. The molecule has 0 saturated carbocycles. The summed E-state index contributed by atoms with van der Waals surface area (Å²) in [5.41, 5.74) is 0. The zero-order valence-corrected chi connectivity index (χ0v) is 12.4. The molecule has 6 nitrogen and oxygen atoms in total. The lowest BCUT2D eigenvalue weighted by molar-refractivity contribution is 0.196. The normalized spacial score (nSPS) is 12.5. The summed E-state index contributed by atoms with van der Waals surface area (Å²) >= 11 is 0. The quantitative estimate of drug-likeness (QED) is 0.737. The molecule has 0 unspecified atom stereocenters. The highest BCUT2D eigenvalue weighted by Gasteiger charge is 2.16. The number of nitrogens with one attached hydrogen (secondary N) is 1. The van der Waals surface area contributed by atoms with Crippen LogP contribution in [0.5, 0.6) is 0 Å². The van der Waals surface area contributed by atoms with E-state index in [1.54, 1.807) is 0 Å². The molecule has 0 aromatic heterocycles. The van der Waals surface area contributed by atoms with Crippen molar-refractivity contribution in [2.75, 3.05) is 26.5 Å². The summed E-state index contributed by atoms with van der Waals surface area (Å²) < 4.78 is 53.8. The fraction of sp³-hybridized carbons (Fsp3) is 0.455. The minimum absolute atomic E-state index is 0.0210. The third kappa shape index (κ3) is 4.90. The van der Waals surface area contributed by atoms with Gasteiger partial charge < -0.3 is 4.74 Å². The molecule has 0 amide bonds. The van der Waals surface area contributed by atoms with Crippen LogP contribution in [0.4, 0.5) is 0 Å². The van der Waals surface area contributed by atoms with Crippen LogP contribution >= 0.6 is 0 Å². The summed E-state index contributed by atoms with van der Waals surface area (Å²) in [6, 6.07) is 5.26. The van der Waals surface area contributed by atoms with Crippen LogP contribution in [0.25, 0.3) is 0 Å². The summed E-state index contributed by atoms with van der Waals surface area (Å²) in [4.78, 5) is -0.0832. The summed E-state index contributed by atoms with van der Waals surface area (Å²) in [6.07, 6.45) is 1.58. The molecule has 108 valence electrons. The number of sulfonamides is 1. The number of benzene rings is 1. The fourth-order valence-electron chi connectivity index (χ4n) is 1.38. The van der Waals surface area contributed by atoms with Crippen molar-refractivity contribution in [3.63, 3.8) is 0 Å². The first-order chi connectivity index (χ1) is 8.77. The van der Waals surface area contributed by atoms with Gasteiger partial charge in [0, 0.05) is 26.5 Å². The van der Waals surface area contributed by atoms with Crippen LogP contribution in [0, 0.1) is 0 Å². The molecule has 0 spiro atoms. The van der Waals surface area contributed by atoms with Crippen molar-refractivity contribution in [2.45, 2.75) is 16.2 Å². The van der Waals surface area contributed by atoms with E-state index in [1.165, 1.54) is 25.3 Å². The summed E-state index contributed by atoms with van der Waals surface area (Å²) in [5.74, 6) is 0. The maximum absolute atomic E-state index is 11.9. The summed E-state index contributed by atoms with van der Waals surface area (Å²) in [6.45, 7) is 0.686. The number of methoxy groups -OCH3 is 1. The molecule has 0 aliphatic heterocycles. The number of ether oxygens (including phenoxy) is 1. The van der Waals surface area contributed by atoms with Gasteiger partial charge in [-0.1, -0.05) is 6.07 Å². The van der Waals surface area contributed by atoms with Gasteiger partial charge >= 0.3 is 0 Å². The fourth-order valence-corrected chi connectivity index (χ4v) is 3.24. The van der Waals surface area contributed by atoms with Crippen molar-refractivity contribution in [3.05, 3.63) is 24.3 Å². The zero-order valence-electron chi connectivity index (χ0n) is 10.8. The Morgan fingerprint density at radius 1 is 1.16 bits per heavy atom. The van der Waals surface area contributed by atoms with E-state index in [2.05, 4.69) is 4.72 Å². The molecule has 1 N–H and O–H groups in total. The molecule has 1 rings (SSSR count). The third-order valence-corrected chi connectivity index (χ3v) is 4.93. The minimum Gasteiger partial charge on any atom is -0.385 e. The maximum atomic E-state index is 11.9. The Morgan fingerprint density at radius 3 is 2.37 bits per heavy atom. The lowest BCUT2D eigenvalue weighted by Gasteiger charge is -2.07. The minimum atomic E-state index is -3.69. The van der Waals surface area contributed by atoms with Crippen LogP contribution in [0.2, 0.25) is 0 Å². The van der Waals surface area contributed by atoms with E-state index in [-0.39, 0.29) is 16.3 Å². The van der Waals surface area contributed by atoms with Gasteiger partial charge in [0.05, 0.1) is 9.79 Å². The van der Waals surface area contributed by atoms with E-state index in [9.17, 15) is 16.8 Å². The second kappa shape index (κ2) is 6.47. The Bertz CT molecular complexity index is 622. The van der Waals surface area contributed by atoms with Gasteiger partial charge in [-0.2, -0.15) is 0 Å². The number of hydrogen-bond donors (Lipinski definition) is 1. The molecular formula is C11H17NO5S2. The van der Waals surface area contributed by atoms with Gasteiger partial charge in [-0.05, 0) is 24.6 Å². The molecule has 0 aliphatic carbocycles. The van der Waals surface area contributed by atoms with Gasteiger partial charge in [-0.15, -0.1) is 0 Å². The molecule has 0 saturated heterocycles. The first-order valence-corrected chi connectivity index (χ1v) is 8.93. The Kier molecular flexibility index (Phi) is 5.48. The van der Waals surface area contributed by atoms with E-state index < -0.39 is 19.9 Å². The van der Waals surface area contributed by atoms with Crippen LogP contribution < -0.4 is 4.72 Å². The number of rotatable bonds is 7. The first-order valence-electron chi connectivity index (χ1n) is 5.56. The second-order valence-electron chi connectivity index (χ2n) is 3.99. The van der Waals surface area contributed by atoms with Crippen LogP contribution in [0.3, 0.4) is 0 Å². The van der Waals surface area contributed by atoms with Crippen LogP contribution in [0.1, 0.15) is 6.42 Å². The van der Waals surface area contributed by atoms with E-state index in [0.29, 0.717) is 13.0 Å². The average Bonchev–Trinajstić information content (AvgIpc) is 2.34. The van der Waals surface area contributed by atoms with Crippen molar-refractivity contribution in [3.8, 4) is 0 Å². The molecule has 8 heteroatoms. The maximum Gasteiger partial charge on any atom is 0.240 e. The average molecular weight is 307 g/mol. The van der Waals surface area contributed by atoms with Crippen molar-refractivity contribution in [1.82, 2.24) is 4.72 Å². The molecule has 19 heavy (non-hydrogen) atoms. The van der Waals surface area contributed by atoms with Crippen molar-refractivity contribution >= 4 is 19.9 Å². The number of sulfone groups is 1. The van der Waals surface area contributed by atoms with Gasteiger partial charge in [0.2, 0.25) is 10.0 Å². The van der Waals surface area contributed by atoms with Gasteiger partial charge in [-0.3, -0.25) is 0 Å². The Hall–Kier alpha value is -0.960. The summed E-state index contributed by atoms with van der Waals surface area (Å²) in [7, 11) is -5.59. The zero-order chi connectivity index (χ0) is 14.5. The smallest absolute Gasteiger partial charge is 0.240 e. The van der Waals surface area contributed by atoms with E-state index >= 15 is 0 Å². The lowest BCUT2D eigenvalue weighted by Crippen LogP contribution is -2.25. The lowest BCUT2D eigenvalue weighted by atomic mass is 10.4. The van der Waals surface area contributed by atoms with E-state index in [4.69, 9.17) is 4.74 Å². The molecule has 0 fully saturated rings. The van der Waals surface area contributed by atoms with Gasteiger partial charge in [0.25, 0.3) is 0 Å². The second-order valence-corrected chi connectivity index (χ2v) is 7.77. The Balaban J connectivity index is 2.90. The van der Waals surface area contributed by atoms with Crippen molar-refractivity contribution < 1.29 is 21.6 Å². The highest BCUT2D eigenvalue weighted by atomic mass is 32.2. The largest absolute Gasteiger partial charge is 0.385 e. The molecule has 0 atom stereocenters. The molecule has 1 aromatic carbocycles. The van der Waals surface area contributed by atoms with Gasteiger partial charge in [0.1, 0.15) is 0 Å². The SMILES string of the molecule is COCCCNS(=O)(=O)c1cccc(S(C)(=O)=O)c1. The van der Waals surface area contributed by atoms with Crippen molar-refractivity contribution in [2.24, 2.45) is 0 Å². The van der Waals surface area contributed by atoms with Gasteiger partial charge in [0.15, 0.2) is 9.84 Å². The highest BCUT2D eigenvalue weighted by molar-refractivity contribution is 7.91. The highest BCUT2D eigenvalue weighted by Crippen LogP contribution is 2.15. The predicted octanol–water partition coefficient (Wildman–Crippen LogP) is 0.405. The molecule has 0 bridgehead atoms. The third-order valence-electron chi connectivity index (χ3n) is 2.36. The van der Waals surface area contributed by atoms with Crippen molar-refractivity contribution in [1.29, 1.82) is 0 Å². The van der Waals surface area contributed by atoms with Crippen LogP contribution in [-0.4, -0.2) is 43.4 Å². The first kappa shape index (κ1) is 16.1. The molecule has 1 aromatic rings. The molecule has 0 heterocycles. The van der Waals surface area contributed by atoms with E-state index in [0.717, 1.165) is 12.3 Å². The van der Waals surface area contributed by atoms with E-state index in [1.807, 2.05) is 0 Å². The Morgan fingerprint density at radius 2 is 1.79 bits per heavy atom. The van der Waals surface area contributed by atoms with Crippen LogP contribution in [0.15, 0.2) is 34.1 Å². The van der Waals surface area contributed by atoms with Gasteiger partial charge in [-0.25, -0.2) is 21.6 Å². The Labute approximate surface area is 113 Å². The molecule has 0 aliphatic rings. The topological polar surface area (TPSA) is 89.5 Å². The molecular weight excluding hydrogens is 290 g/mol. The summed E-state index contributed by atoms with van der Waals surface area (Å²) in [5, 5.41) is 0. The standard InChI is InChI=1S/C11H17NO5S2/c1-17-8-4-7-12-19(15,16)11-6-3-5-10(9-11)18(2,13)14/h3,5-6,9,12H,4,7-8H2,1-2H3. The molecule has 0 radical (unpaired) electrons. The monoisotopic (exact) mass is 307 g/mol.